The number of rotatable bonds is 2. The third-order valence-electron chi connectivity index (χ3n) is 2.17. The van der Waals surface area contributed by atoms with Gasteiger partial charge in [-0.3, -0.25) is 0 Å². The number of benzene rings is 1. The zero-order chi connectivity index (χ0) is 10.8. The number of nitrogen functional groups attached to an aromatic ring is 1. The van der Waals surface area contributed by atoms with Gasteiger partial charge in [0.05, 0.1) is 0 Å². The van der Waals surface area contributed by atoms with Gasteiger partial charge in [0.25, 0.3) is 0 Å². The number of nitrogens with zero attached hydrogens (tertiary/aromatic N) is 1. The van der Waals surface area contributed by atoms with E-state index in [1.807, 2.05) is 6.92 Å². The summed E-state index contributed by atoms with van der Waals surface area (Å²) < 4.78 is 0. The van der Waals surface area contributed by atoms with Gasteiger partial charge >= 0.3 is 0 Å². The highest BCUT2D eigenvalue weighted by Crippen LogP contribution is 2.29. The summed E-state index contributed by atoms with van der Waals surface area (Å²) in [6.45, 7) is 1.99. The van der Waals surface area contributed by atoms with E-state index < -0.39 is 0 Å². The zero-order valence-electron chi connectivity index (χ0n) is 8.65. The number of thioether (sulfide) groups is 1. The Morgan fingerprint density at radius 3 is 2.40 bits per heavy atom. The van der Waals surface area contributed by atoms with Crippen LogP contribution >= 0.6 is 23.1 Å². The van der Waals surface area contributed by atoms with E-state index in [1.165, 1.54) is 4.90 Å². The third kappa shape index (κ3) is 2.16. The predicted molar refractivity (Wildman–Crippen MR) is 68.5 cm³/mol. The van der Waals surface area contributed by atoms with Crippen molar-refractivity contribution < 1.29 is 0 Å². The van der Waals surface area contributed by atoms with E-state index in [0.29, 0.717) is 5.82 Å². The molecule has 4 heteroatoms. The maximum atomic E-state index is 5.73. The molecule has 0 atom stereocenters. The fraction of sp³-hybridized carbons (Fsp3) is 0.182. The molecule has 2 N–H and O–H groups in total. The lowest BCUT2D eigenvalue weighted by Gasteiger charge is -1.98. The van der Waals surface area contributed by atoms with Crippen LogP contribution in [0.3, 0.4) is 0 Å². The number of thiazole rings is 1. The molecular weight excluding hydrogens is 224 g/mol. The van der Waals surface area contributed by atoms with E-state index >= 15 is 0 Å². The van der Waals surface area contributed by atoms with Crippen LogP contribution < -0.4 is 5.73 Å². The minimum Gasteiger partial charge on any atom is -0.383 e. The minimum absolute atomic E-state index is 0.643. The molecule has 1 heterocycles. The van der Waals surface area contributed by atoms with Gasteiger partial charge in [0.15, 0.2) is 0 Å². The average Bonchev–Trinajstić information content (AvgIpc) is 2.59. The number of hydrogen-bond donors (Lipinski definition) is 1. The first-order chi connectivity index (χ1) is 7.20. The molecule has 0 spiro atoms. The fourth-order valence-corrected chi connectivity index (χ4v) is 2.51. The smallest absolute Gasteiger partial charge is 0.138 e. The summed E-state index contributed by atoms with van der Waals surface area (Å²) in [5.41, 5.74) is 6.87. The van der Waals surface area contributed by atoms with Crippen LogP contribution in [0.15, 0.2) is 29.2 Å². The largest absolute Gasteiger partial charge is 0.383 e. The van der Waals surface area contributed by atoms with E-state index in [0.717, 1.165) is 15.4 Å². The van der Waals surface area contributed by atoms with Crippen molar-refractivity contribution in [1.82, 2.24) is 4.98 Å². The molecule has 2 aromatic rings. The second-order valence-electron chi connectivity index (χ2n) is 3.19. The number of aromatic nitrogens is 1. The van der Waals surface area contributed by atoms with E-state index in [9.17, 15) is 0 Å². The van der Waals surface area contributed by atoms with Gasteiger partial charge in [0, 0.05) is 15.3 Å². The monoisotopic (exact) mass is 236 g/mol. The third-order valence-corrected chi connectivity index (χ3v) is 3.95. The molecule has 0 amide bonds. The molecule has 78 valence electrons. The molecule has 0 fully saturated rings. The van der Waals surface area contributed by atoms with Crippen LogP contribution in [0.1, 0.15) is 4.88 Å². The molecule has 0 radical (unpaired) electrons. The van der Waals surface area contributed by atoms with Gasteiger partial charge in [-0.15, -0.1) is 23.1 Å². The highest BCUT2D eigenvalue weighted by molar-refractivity contribution is 7.98. The van der Waals surface area contributed by atoms with E-state index in [4.69, 9.17) is 5.73 Å². The van der Waals surface area contributed by atoms with Crippen LogP contribution in [0.2, 0.25) is 0 Å². The van der Waals surface area contributed by atoms with Gasteiger partial charge in [-0.05, 0) is 25.3 Å². The quantitative estimate of drug-likeness (QED) is 0.812. The first-order valence-corrected chi connectivity index (χ1v) is 6.62. The topological polar surface area (TPSA) is 38.9 Å². The van der Waals surface area contributed by atoms with Crippen molar-refractivity contribution in [3.05, 3.63) is 29.1 Å². The number of hydrogen-bond acceptors (Lipinski definition) is 4. The molecule has 0 aliphatic carbocycles. The molecule has 0 aliphatic heterocycles. The van der Waals surface area contributed by atoms with Gasteiger partial charge in [-0.1, -0.05) is 12.1 Å². The van der Waals surface area contributed by atoms with Crippen LogP contribution in [0.4, 0.5) is 5.82 Å². The molecule has 0 saturated carbocycles. The van der Waals surface area contributed by atoms with Crippen molar-refractivity contribution in [2.24, 2.45) is 0 Å². The van der Waals surface area contributed by atoms with Crippen LogP contribution in [0, 0.1) is 6.92 Å². The molecule has 1 aromatic heterocycles. The van der Waals surface area contributed by atoms with Crippen LogP contribution in [-0.2, 0) is 0 Å². The Bertz CT molecular complexity index is 440. The summed E-state index contributed by atoms with van der Waals surface area (Å²) in [7, 11) is 0. The van der Waals surface area contributed by atoms with Crippen molar-refractivity contribution in [2.75, 3.05) is 12.0 Å². The number of aryl methyl sites for hydroxylation is 1. The molecule has 0 unspecified atom stereocenters. The minimum atomic E-state index is 0.643. The Kier molecular flexibility index (Phi) is 2.98. The van der Waals surface area contributed by atoms with Crippen LogP contribution in [0.5, 0.6) is 0 Å². The SMILES string of the molecule is CSc1ccc(-c2nc(N)c(C)s2)cc1. The first kappa shape index (κ1) is 10.5. The normalized spacial score (nSPS) is 10.5. The Morgan fingerprint density at radius 2 is 1.93 bits per heavy atom. The van der Waals surface area contributed by atoms with Crippen molar-refractivity contribution in [3.63, 3.8) is 0 Å². The molecule has 0 bridgehead atoms. The van der Waals surface area contributed by atoms with Gasteiger partial charge in [-0.2, -0.15) is 0 Å². The van der Waals surface area contributed by atoms with Gasteiger partial charge < -0.3 is 5.73 Å². The molecule has 0 saturated heterocycles. The number of nitrogens with two attached hydrogens (primary N) is 1. The van der Waals surface area contributed by atoms with Crippen LogP contribution in [0.25, 0.3) is 10.6 Å². The molecular formula is C11H12N2S2. The Morgan fingerprint density at radius 1 is 1.27 bits per heavy atom. The van der Waals surface area contributed by atoms with Gasteiger partial charge in [0.2, 0.25) is 0 Å². The molecule has 15 heavy (non-hydrogen) atoms. The Balaban J connectivity index is 2.37. The summed E-state index contributed by atoms with van der Waals surface area (Å²) in [5, 5.41) is 0.998. The number of anilines is 1. The Labute approximate surface area is 97.5 Å². The maximum absolute atomic E-state index is 5.73. The second-order valence-corrected chi connectivity index (χ2v) is 5.27. The highest BCUT2D eigenvalue weighted by atomic mass is 32.2. The molecule has 1 aromatic carbocycles. The standard InChI is InChI=1S/C11H12N2S2/c1-7-10(12)13-11(15-7)8-3-5-9(14-2)6-4-8/h3-6H,12H2,1-2H3. The molecule has 2 nitrogen and oxygen atoms in total. The van der Waals surface area contributed by atoms with Crippen LogP contribution in [-0.4, -0.2) is 11.2 Å². The van der Waals surface area contributed by atoms with Gasteiger partial charge in [-0.25, -0.2) is 4.98 Å². The predicted octanol–water partition coefficient (Wildman–Crippen LogP) is 3.42. The maximum Gasteiger partial charge on any atom is 0.138 e. The summed E-state index contributed by atoms with van der Waals surface area (Å²) in [5.74, 6) is 0.643. The zero-order valence-corrected chi connectivity index (χ0v) is 10.3. The lowest BCUT2D eigenvalue weighted by Crippen LogP contribution is -1.85. The molecule has 0 aliphatic rings. The van der Waals surface area contributed by atoms with Crippen molar-refractivity contribution in [1.29, 1.82) is 0 Å². The second kappa shape index (κ2) is 4.24. The fourth-order valence-electron chi connectivity index (χ4n) is 1.27. The lowest BCUT2D eigenvalue weighted by molar-refractivity contribution is 1.37. The van der Waals surface area contributed by atoms with Crippen molar-refractivity contribution in [3.8, 4) is 10.6 Å². The summed E-state index contributed by atoms with van der Waals surface area (Å²) >= 11 is 3.38. The molecule has 2 rings (SSSR count). The Hall–Kier alpha value is -1.00. The van der Waals surface area contributed by atoms with E-state index in [-0.39, 0.29) is 0 Å². The van der Waals surface area contributed by atoms with Crippen molar-refractivity contribution in [2.45, 2.75) is 11.8 Å². The lowest BCUT2D eigenvalue weighted by atomic mass is 10.2. The summed E-state index contributed by atoms with van der Waals surface area (Å²) in [4.78, 5) is 6.67. The van der Waals surface area contributed by atoms with E-state index in [1.54, 1.807) is 23.1 Å². The summed E-state index contributed by atoms with van der Waals surface area (Å²) in [6.07, 6.45) is 2.07. The average molecular weight is 236 g/mol. The highest BCUT2D eigenvalue weighted by Gasteiger charge is 2.06. The first-order valence-electron chi connectivity index (χ1n) is 4.58. The summed E-state index contributed by atoms with van der Waals surface area (Å²) in [6, 6.07) is 8.38. The van der Waals surface area contributed by atoms with Gasteiger partial charge in [0.1, 0.15) is 10.8 Å². The van der Waals surface area contributed by atoms with Crippen molar-refractivity contribution >= 4 is 28.9 Å². The van der Waals surface area contributed by atoms with E-state index in [2.05, 4.69) is 35.5 Å².